The summed E-state index contributed by atoms with van der Waals surface area (Å²) < 4.78 is 0.0299. The van der Waals surface area contributed by atoms with Crippen molar-refractivity contribution in [3.05, 3.63) is 0 Å². The molecule has 1 aliphatic heterocycles. The molecule has 0 aromatic carbocycles. The zero-order valence-corrected chi connectivity index (χ0v) is 12.5. The summed E-state index contributed by atoms with van der Waals surface area (Å²) in [5.41, 5.74) is -1.19. The molecule has 104 valence electrons. The Hall–Kier alpha value is -0.910. The van der Waals surface area contributed by atoms with Gasteiger partial charge in [0, 0.05) is 30.6 Å². The fourth-order valence-electron chi connectivity index (χ4n) is 1.77. The van der Waals surface area contributed by atoms with Crippen LogP contribution in [0.25, 0.3) is 0 Å². The highest BCUT2D eigenvalue weighted by atomic mass is 32.2. The molecule has 2 amide bonds. The molecule has 0 atom stereocenters. The average molecular weight is 274 g/mol. The van der Waals surface area contributed by atoms with Crippen molar-refractivity contribution in [1.29, 1.82) is 0 Å². The molecule has 18 heavy (non-hydrogen) atoms. The second-order valence-electron chi connectivity index (χ2n) is 5.74. The van der Waals surface area contributed by atoms with E-state index in [0.29, 0.717) is 13.1 Å². The summed E-state index contributed by atoms with van der Waals surface area (Å²) >= 11 is 1.84. The van der Waals surface area contributed by atoms with Gasteiger partial charge in [-0.05, 0) is 27.7 Å². The van der Waals surface area contributed by atoms with Crippen LogP contribution in [0.1, 0.15) is 27.7 Å². The molecule has 1 saturated heterocycles. The lowest BCUT2D eigenvalue weighted by molar-refractivity contribution is -0.147. The summed E-state index contributed by atoms with van der Waals surface area (Å²) in [5.74, 6) is -0.107. The van der Waals surface area contributed by atoms with Crippen LogP contribution >= 0.6 is 11.8 Å². The molecule has 1 fully saturated rings. The molecule has 0 spiro atoms. The molecule has 0 radical (unpaired) electrons. The van der Waals surface area contributed by atoms with Crippen LogP contribution in [0.4, 0.5) is 4.79 Å². The van der Waals surface area contributed by atoms with Gasteiger partial charge in [-0.1, -0.05) is 0 Å². The molecule has 0 saturated carbocycles. The molecule has 0 aromatic rings. The number of urea groups is 1. The second kappa shape index (κ2) is 4.99. The Morgan fingerprint density at radius 2 is 1.94 bits per heavy atom. The number of likely N-dealkylation sites (N-methyl/N-ethyl adjacent to an activating group) is 1. The van der Waals surface area contributed by atoms with Crippen molar-refractivity contribution in [3.8, 4) is 0 Å². The van der Waals surface area contributed by atoms with E-state index in [0.717, 1.165) is 5.75 Å². The minimum Gasteiger partial charge on any atom is -0.480 e. The van der Waals surface area contributed by atoms with Gasteiger partial charge >= 0.3 is 12.0 Å². The molecule has 5 nitrogen and oxygen atoms in total. The van der Waals surface area contributed by atoms with Gasteiger partial charge in [0.05, 0.1) is 0 Å². The van der Waals surface area contributed by atoms with Crippen LogP contribution in [0.2, 0.25) is 0 Å². The van der Waals surface area contributed by atoms with Gasteiger partial charge in [-0.2, -0.15) is 11.8 Å². The van der Waals surface area contributed by atoms with Gasteiger partial charge in [0.1, 0.15) is 5.54 Å². The van der Waals surface area contributed by atoms with E-state index >= 15 is 0 Å². The van der Waals surface area contributed by atoms with E-state index in [1.807, 2.05) is 11.8 Å². The zero-order valence-electron chi connectivity index (χ0n) is 11.7. The molecule has 1 heterocycles. The molecule has 1 rings (SSSR count). The number of hydrogen-bond donors (Lipinski definition) is 1. The van der Waals surface area contributed by atoms with E-state index < -0.39 is 11.5 Å². The third kappa shape index (κ3) is 3.10. The van der Waals surface area contributed by atoms with E-state index in [2.05, 4.69) is 13.8 Å². The van der Waals surface area contributed by atoms with Crippen molar-refractivity contribution in [2.75, 3.05) is 25.9 Å². The van der Waals surface area contributed by atoms with Gasteiger partial charge in [-0.15, -0.1) is 0 Å². The predicted molar refractivity (Wildman–Crippen MR) is 73.0 cm³/mol. The number of nitrogens with zero attached hydrogens (tertiary/aromatic N) is 2. The highest BCUT2D eigenvalue weighted by molar-refractivity contribution is 8.00. The molecule has 0 aromatic heterocycles. The fourth-order valence-corrected chi connectivity index (χ4v) is 2.89. The van der Waals surface area contributed by atoms with E-state index in [1.165, 1.54) is 18.7 Å². The molecule has 0 unspecified atom stereocenters. The third-order valence-corrected chi connectivity index (χ3v) is 4.64. The number of carbonyl (C=O) groups excluding carboxylic acids is 1. The monoisotopic (exact) mass is 274 g/mol. The number of carbonyl (C=O) groups is 2. The highest BCUT2D eigenvalue weighted by Crippen LogP contribution is 2.30. The number of rotatable bonds is 2. The zero-order chi connectivity index (χ0) is 14.1. The van der Waals surface area contributed by atoms with Gasteiger partial charge in [0.25, 0.3) is 0 Å². The standard InChI is InChI=1S/C12H22N2O3S/c1-11(2)8-14(6-7-18-11)10(17)13(5)12(3,4)9(15)16/h6-8H2,1-5H3,(H,15,16). The largest absolute Gasteiger partial charge is 0.480 e. The Kier molecular flexibility index (Phi) is 4.20. The minimum atomic E-state index is -1.19. The summed E-state index contributed by atoms with van der Waals surface area (Å²) in [5, 5.41) is 9.15. The van der Waals surface area contributed by atoms with Gasteiger partial charge in [-0.25, -0.2) is 9.59 Å². The maximum atomic E-state index is 12.3. The van der Waals surface area contributed by atoms with Gasteiger partial charge < -0.3 is 14.9 Å². The van der Waals surface area contributed by atoms with Crippen LogP contribution in [0.15, 0.2) is 0 Å². The van der Waals surface area contributed by atoms with Crippen molar-refractivity contribution in [3.63, 3.8) is 0 Å². The maximum absolute atomic E-state index is 12.3. The Labute approximate surface area is 113 Å². The molecular weight excluding hydrogens is 252 g/mol. The number of hydrogen-bond acceptors (Lipinski definition) is 3. The second-order valence-corrected chi connectivity index (χ2v) is 7.54. The number of carboxylic acid groups (broad SMARTS) is 1. The summed E-state index contributed by atoms with van der Waals surface area (Å²) in [7, 11) is 1.55. The molecule has 1 N–H and O–H groups in total. The number of aliphatic carboxylic acids is 1. The number of amides is 2. The smallest absolute Gasteiger partial charge is 0.329 e. The summed E-state index contributed by atoms with van der Waals surface area (Å²) in [4.78, 5) is 26.5. The Balaban J connectivity index is 2.78. The van der Waals surface area contributed by atoms with Crippen molar-refractivity contribution >= 4 is 23.8 Å². The fraction of sp³-hybridized carbons (Fsp3) is 0.833. The highest BCUT2D eigenvalue weighted by Gasteiger charge is 2.39. The van der Waals surface area contributed by atoms with Crippen molar-refractivity contribution in [2.24, 2.45) is 0 Å². The molecular formula is C12H22N2O3S. The number of thioether (sulfide) groups is 1. The first-order valence-electron chi connectivity index (χ1n) is 5.98. The lowest BCUT2D eigenvalue weighted by Crippen LogP contribution is -2.58. The molecule has 1 aliphatic rings. The Morgan fingerprint density at radius 3 is 2.39 bits per heavy atom. The van der Waals surface area contributed by atoms with E-state index in [4.69, 9.17) is 5.11 Å². The number of carboxylic acids is 1. The average Bonchev–Trinajstić information content (AvgIpc) is 2.25. The summed E-state index contributed by atoms with van der Waals surface area (Å²) in [6.45, 7) is 8.59. The van der Waals surface area contributed by atoms with Crippen LogP contribution < -0.4 is 0 Å². The SMILES string of the molecule is CN(C(=O)N1CCSC(C)(C)C1)C(C)(C)C(=O)O. The van der Waals surface area contributed by atoms with Crippen LogP contribution in [0.5, 0.6) is 0 Å². The lowest BCUT2D eigenvalue weighted by atomic mass is 10.0. The molecule has 6 heteroatoms. The first kappa shape index (κ1) is 15.1. The van der Waals surface area contributed by atoms with Crippen molar-refractivity contribution in [2.45, 2.75) is 38.0 Å². The van der Waals surface area contributed by atoms with E-state index in [1.54, 1.807) is 11.9 Å². The van der Waals surface area contributed by atoms with E-state index in [-0.39, 0.29) is 10.8 Å². The quantitative estimate of drug-likeness (QED) is 0.833. The minimum absolute atomic E-state index is 0.0299. The van der Waals surface area contributed by atoms with Gasteiger partial charge in [0.2, 0.25) is 0 Å². The Bertz CT molecular complexity index is 355. The van der Waals surface area contributed by atoms with Gasteiger partial charge in [0.15, 0.2) is 0 Å². The van der Waals surface area contributed by atoms with Crippen molar-refractivity contribution < 1.29 is 14.7 Å². The van der Waals surface area contributed by atoms with Crippen LogP contribution in [-0.2, 0) is 4.79 Å². The predicted octanol–water partition coefficient (Wildman–Crippen LogP) is 1.73. The van der Waals surface area contributed by atoms with Crippen LogP contribution in [0, 0.1) is 0 Å². The molecule has 0 bridgehead atoms. The van der Waals surface area contributed by atoms with Gasteiger partial charge in [-0.3, -0.25) is 0 Å². The first-order chi connectivity index (χ1) is 8.08. The lowest BCUT2D eigenvalue weighted by Gasteiger charge is -2.42. The third-order valence-electron chi connectivity index (χ3n) is 3.34. The van der Waals surface area contributed by atoms with Crippen LogP contribution in [-0.4, -0.2) is 63.1 Å². The van der Waals surface area contributed by atoms with E-state index in [9.17, 15) is 9.59 Å². The molecule has 0 aliphatic carbocycles. The van der Waals surface area contributed by atoms with Crippen LogP contribution in [0.3, 0.4) is 0 Å². The first-order valence-corrected chi connectivity index (χ1v) is 6.96. The maximum Gasteiger partial charge on any atom is 0.329 e. The van der Waals surface area contributed by atoms with Crippen molar-refractivity contribution in [1.82, 2.24) is 9.80 Å². The summed E-state index contributed by atoms with van der Waals surface area (Å²) in [6.07, 6.45) is 0. The topological polar surface area (TPSA) is 60.9 Å². The normalized spacial score (nSPS) is 19.5. The summed E-state index contributed by atoms with van der Waals surface area (Å²) in [6, 6.07) is -0.212. The Morgan fingerprint density at radius 1 is 1.39 bits per heavy atom.